The standard InChI is InChI=1S/C13H23NO4/c1-8-4-2-3-5-14(8)10-6-9(7-15)11(16)13(18)12(10)17/h6,8,10-13,15-18H,2-5,7H2,1H3. The molecule has 0 aromatic rings. The van der Waals surface area contributed by atoms with Crippen molar-refractivity contribution in [2.45, 2.75) is 56.6 Å². The normalized spacial score (nSPS) is 42.7. The molecule has 5 atom stereocenters. The molecular weight excluding hydrogens is 234 g/mol. The number of likely N-dealkylation sites (tertiary alicyclic amines) is 1. The van der Waals surface area contributed by atoms with Crippen molar-refractivity contribution in [1.29, 1.82) is 0 Å². The smallest absolute Gasteiger partial charge is 0.111 e. The Hall–Kier alpha value is -0.460. The van der Waals surface area contributed by atoms with E-state index in [9.17, 15) is 20.4 Å². The van der Waals surface area contributed by atoms with Crippen molar-refractivity contribution < 1.29 is 20.4 Å². The quantitative estimate of drug-likeness (QED) is 0.489. The fraction of sp³-hybridized carbons (Fsp3) is 0.846. The Labute approximate surface area is 107 Å². The summed E-state index contributed by atoms with van der Waals surface area (Å²) in [6, 6.07) is 0.0258. The maximum Gasteiger partial charge on any atom is 0.111 e. The first kappa shape index (κ1) is 14.0. The number of nitrogens with zero attached hydrogens (tertiary/aromatic N) is 1. The molecule has 0 radical (unpaired) electrons. The van der Waals surface area contributed by atoms with E-state index >= 15 is 0 Å². The Morgan fingerprint density at radius 1 is 1.22 bits per heavy atom. The van der Waals surface area contributed by atoms with Crippen LogP contribution < -0.4 is 0 Å². The van der Waals surface area contributed by atoms with E-state index in [-0.39, 0.29) is 12.6 Å². The Morgan fingerprint density at radius 3 is 2.56 bits per heavy atom. The fourth-order valence-corrected chi connectivity index (χ4v) is 3.03. The minimum absolute atomic E-state index is 0.288. The third-order valence-corrected chi connectivity index (χ3v) is 4.21. The first-order valence-corrected chi connectivity index (χ1v) is 6.67. The molecule has 1 fully saturated rings. The highest BCUT2D eigenvalue weighted by Gasteiger charge is 2.41. The van der Waals surface area contributed by atoms with Crippen LogP contribution in [0, 0.1) is 0 Å². The highest BCUT2D eigenvalue weighted by atomic mass is 16.4. The zero-order valence-corrected chi connectivity index (χ0v) is 10.7. The van der Waals surface area contributed by atoms with E-state index in [0.717, 1.165) is 19.4 Å². The molecule has 0 saturated carbocycles. The van der Waals surface area contributed by atoms with Crippen LogP contribution in [0.3, 0.4) is 0 Å². The third kappa shape index (κ3) is 2.46. The zero-order valence-electron chi connectivity index (χ0n) is 10.7. The topological polar surface area (TPSA) is 84.2 Å². The molecule has 1 saturated heterocycles. The highest BCUT2D eigenvalue weighted by Crippen LogP contribution is 2.28. The maximum absolute atomic E-state index is 10.1. The van der Waals surface area contributed by atoms with E-state index in [1.807, 2.05) is 0 Å². The molecule has 1 aliphatic carbocycles. The van der Waals surface area contributed by atoms with Crippen molar-refractivity contribution in [1.82, 2.24) is 4.90 Å². The SMILES string of the molecule is CC1CCCCN1C1C=C(CO)C(O)C(O)C1O. The number of rotatable bonds is 2. The van der Waals surface area contributed by atoms with E-state index in [1.54, 1.807) is 6.08 Å². The van der Waals surface area contributed by atoms with Gasteiger partial charge in [0.1, 0.15) is 18.3 Å². The molecule has 2 rings (SSSR count). The Bertz CT molecular complexity index is 320. The van der Waals surface area contributed by atoms with Crippen LogP contribution in [-0.4, -0.2) is 68.9 Å². The lowest BCUT2D eigenvalue weighted by molar-refractivity contribution is -0.0905. The van der Waals surface area contributed by atoms with Gasteiger partial charge in [-0.25, -0.2) is 0 Å². The van der Waals surface area contributed by atoms with Crippen molar-refractivity contribution in [2.24, 2.45) is 0 Å². The second-order valence-electron chi connectivity index (χ2n) is 5.40. The van der Waals surface area contributed by atoms with E-state index < -0.39 is 18.3 Å². The second kappa shape index (κ2) is 5.67. The van der Waals surface area contributed by atoms with Gasteiger partial charge in [0.05, 0.1) is 12.6 Å². The number of aliphatic hydroxyl groups excluding tert-OH is 4. The van der Waals surface area contributed by atoms with Gasteiger partial charge < -0.3 is 20.4 Å². The molecule has 18 heavy (non-hydrogen) atoms. The lowest BCUT2D eigenvalue weighted by Gasteiger charge is -2.44. The summed E-state index contributed by atoms with van der Waals surface area (Å²) in [6.45, 7) is 2.69. The Morgan fingerprint density at radius 2 is 1.94 bits per heavy atom. The molecule has 0 amide bonds. The van der Waals surface area contributed by atoms with Crippen LogP contribution in [-0.2, 0) is 0 Å². The number of aliphatic hydroxyl groups is 4. The van der Waals surface area contributed by atoms with Gasteiger partial charge in [-0.2, -0.15) is 0 Å². The summed E-state index contributed by atoms with van der Waals surface area (Å²) in [5.74, 6) is 0. The number of hydrogen-bond acceptors (Lipinski definition) is 5. The summed E-state index contributed by atoms with van der Waals surface area (Å²) in [5, 5.41) is 38.9. The minimum atomic E-state index is -1.23. The van der Waals surface area contributed by atoms with E-state index in [1.165, 1.54) is 6.42 Å². The molecule has 0 aromatic heterocycles. The molecule has 0 aromatic carbocycles. The van der Waals surface area contributed by atoms with Crippen LogP contribution in [0.2, 0.25) is 0 Å². The maximum atomic E-state index is 10.1. The average Bonchev–Trinajstić information content (AvgIpc) is 2.38. The van der Waals surface area contributed by atoms with Gasteiger partial charge in [-0.05, 0) is 31.9 Å². The van der Waals surface area contributed by atoms with Crippen LogP contribution in [0.1, 0.15) is 26.2 Å². The molecule has 0 bridgehead atoms. The van der Waals surface area contributed by atoms with Gasteiger partial charge in [-0.15, -0.1) is 0 Å². The van der Waals surface area contributed by atoms with Crippen LogP contribution in [0.4, 0.5) is 0 Å². The second-order valence-corrected chi connectivity index (χ2v) is 5.40. The third-order valence-electron chi connectivity index (χ3n) is 4.21. The summed E-state index contributed by atoms with van der Waals surface area (Å²) in [6.07, 6.45) is 1.65. The van der Waals surface area contributed by atoms with Crippen molar-refractivity contribution in [2.75, 3.05) is 13.2 Å². The largest absolute Gasteiger partial charge is 0.392 e. The summed E-state index contributed by atoms with van der Waals surface area (Å²) in [4.78, 5) is 2.15. The monoisotopic (exact) mass is 257 g/mol. The summed E-state index contributed by atoms with van der Waals surface area (Å²) >= 11 is 0. The van der Waals surface area contributed by atoms with Crippen LogP contribution in [0.25, 0.3) is 0 Å². The molecular formula is C13H23NO4. The van der Waals surface area contributed by atoms with E-state index in [2.05, 4.69) is 11.8 Å². The van der Waals surface area contributed by atoms with Gasteiger partial charge in [0.2, 0.25) is 0 Å². The van der Waals surface area contributed by atoms with Crippen LogP contribution >= 0.6 is 0 Å². The average molecular weight is 257 g/mol. The van der Waals surface area contributed by atoms with Crippen LogP contribution in [0.15, 0.2) is 11.6 Å². The van der Waals surface area contributed by atoms with Gasteiger partial charge in [-0.3, -0.25) is 4.90 Å². The predicted octanol–water partition coefficient (Wildman–Crippen LogP) is -0.756. The van der Waals surface area contributed by atoms with Gasteiger partial charge in [-0.1, -0.05) is 12.5 Å². The molecule has 0 spiro atoms. The van der Waals surface area contributed by atoms with Crippen molar-refractivity contribution in [3.05, 3.63) is 11.6 Å². The van der Waals surface area contributed by atoms with Gasteiger partial charge in [0.15, 0.2) is 0 Å². The summed E-state index contributed by atoms with van der Waals surface area (Å²) in [5.41, 5.74) is 0.399. The zero-order chi connectivity index (χ0) is 13.3. The lowest BCUT2D eigenvalue weighted by Crippen LogP contribution is -2.58. The summed E-state index contributed by atoms with van der Waals surface area (Å²) in [7, 11) is 0. The number of hydrogen-bond donors (Lipinski definition) is 4. The van der Waals surface area contributed by atoms with Crippen molar-refractivity contribution in [3.8, 4) is 0 Å². The van der Waals surface area contributed by atoms with Crippen molar-refractivity contribution >= 4 is 0 Å². The van der Waals surface area contributed by atoms with Gasteiger partial charge in [0.25, 0.3) is 0 Å². The lowest BCUT2D eigenvalue weighted by atomic mass is 9.85. The molecule has 1 aliphatic heterocycles. The van der Waals surface area contributed by atoms with Crippen molar-refractivity contribution in [3.63, 3.8) is 0 Å². The molecule has 5 nitrogen and oxygen atoms in total. The van der Waals surface area contributed by atoms with Crippen LogP contribution in [0.5, 0.6) is 0 Å². The summed E-state index contributed by atoms with van der Waals surface area (Å²) < 4.78 is 0. The van der Waals surface area contributed by atoms with E-state index in [4.69, 9.17) is 0 Å². The molecule has 2 aliphatic rings. The fourth-order valence-electron chi connectivity index (χ4n) is 3.03. The minimum Gasteiger partial charge on any atom is -0.392 e. The highest BCUT2D eigenvalue weighted by molar-refractivity contribution is 5.22. The van der Waals surface area contributed by atoms with E-state index in [0.29, 0.717) is 11.6 Å². The number of piperidine rings is 1. The Balaban J connectivity index is 2.22. The van der Waals surface area contributed by atoms with Gasteiger partial charge >= 0.3 is 0 Å². The predicted molar refractivity (Wildman–Crippen MR) is 67.0 cm³/mol. The van der Waals surface area contributed by atoms with Gasteiger partial charge in [0, 0.05) is 6.04 Å². The molecule has 5 unspecified atom stereocenters. The Kier molecular flexibility index (Phi) is 4.40. The molecule has 4 N–H and O–H groups in total. The molecule has 1 heterocycles. The molecule has 104 valence electrons. The molecule has 5 heteroatoms. The first-order valence-electron chi connectivity index (χ1n) is 6.67. The first-order chi connectivity index (χ1) is 8.56.